The van der Waals surface area contributed by atoms with Gasteiger partial charge in [-0.3, -0.25) is 0 Å². The molecular formula is C14H15ClN4O2. The van der Waals surface area contributed by atoms with Crippen molar-refractivity contribution in [2.45, 2.75) is 26.7 Å². The topological polar surface area (TPSA) is 88.0 Å². The van der Waals surface area contributed by atoms with Crippen molar-refractivity contribution in [3.63, 3.8) is 0 Å². The second-order valence-electron chi connectivity index (χ2n) is 4.36. The maximum atomic E-state index is 10.9. The van der Waals surface area contributed by atoms with Gasteiger partial charge in [-0.05, 0) is 31.0 Å². The number of anilines is 2. The fourth-order valence-electron chi connectivity index (χ4n) is 1.89. The number of halogens is 1. The van der Waals surface area contributed by atoms with Gasteiger partial charge in [0.25, 0.3) is 0 Å². The Morgan fingerprint density at radius 1 is 1.24 bits per heavy atom. The number of aryl methyl sites for hydroxylation is 2. The van der Waals surface area contributed by atoms with E-state index in [2.05, 4.69) is 20.5 Å². The number of hydrogen-bond donors (Lipinski definition) is 2. The third kappa shape index (κ3) is 3.46. The van der Waals surface area contributed by atoms with Crippen molar-refractivity contribution >= 4 is 29.2 Å². The predicted octanol–water partition coefficient (Wildman–Crippen LogP) is 3.09. The molecule has 0 saturated heterocycles. The van der Waals surface area contributed by atoms with Crippen LogP contribution < -0.4 is 5.32 Å². The van der Waals surface area contributed by atoms with E-state index in [-0.39, 0.29) is 10.6 Å². The Hall–Kier alpha value is -2.21. The van der Waals surface area contributed by atoms with E-state index < -0.39 is 5.97 Å². The molecule has 1 aromatic carbocycles. The highest BCUT2D eigenvalue weighted by Crippen LogP contribution is 2.22. The molecule has 7 heteroatoms. The highest BCUT2D eigenvalue weighted by Gasteiger charge is 2.10. The number of aromatic nitrogens is 3. The summed E-state index contributed by atoms with van der Waals surface area (Å²) in [4.78, 5) is 15.3. The lowest BCUT2D eigenvalue weighted by Crippen LogP contribution is -2.07. The van der Waals surface area contributed by atoms with Crippen molar-refractivity contribution in [2.75, 3.05) is 5.32 Å². The first-order valence-electron chi connectivity index (χ1n) is 6.57. The zero-order valence-electron chi connectivity index (χ0n) is 11.7. The van der Waals surface area contributed by atoms with Gasteiger partial charge >= 0.3 is 5.97 Å². The minimum absolute atomic E-state index is 0.0526. The molecule has 0 unspecified atom stereocenters. The van der Waals surface area contributed by atoms with Crippen LogP contribution in [0.1, 0.15) is 35.6 Å². The second kappa shape index (κ2) is 6.49. The Morgan fingerprint density at radius 2 is 1.95 bits per heavy atom. The molecule has 2 N–H and O–H groups in total. The summed E-state index contributed by atoms with van der Waals surface area (Å²) in [7, 11) is 0. The van der Waals surface area contributed by atoms with Crippen LogP contribution in [0, 0.1) is 0 Å². The second-order valence-corrected chi connectivity index (χ2v) is 4.77. The van der Waals surface area contributed by atoms with Crippen molar-refractivity contribution in [3.05, 3.63) is 40.2 Å². The highest BCUT2D eigenvalue weighted by atomic mass is 35.5. The summed E-state index contributed by atoms with van der Waals surface area (Å²) < 4.78 is 0. The zero-order valence-corrected chi connectivity index (χ0v) is 12.5. The molecule has 0 aliphatic rings. The molecular weight excluding hydrogens is 292 g/mol. The fourth-order valence-corrected chi connectivity index (χ4v) is 2.15. The number of carbonyl (C=O) groups is 1. The normalized spacial score (nSPS) is 10.4. The Kier molecular flexibility index (Phi) is 4.70. The smallest absolute Gasteiger partial charge is 0.337 e. The van der Waals surface area contributed by atoms with Gasteiger partial charge in [-0.15, -0.1) is 10.2 Å². The first-order chi connectivity index (χ1) is 10.0. The number of nitrogens with one attached hydrogen (secondary N) is 1. The summed E-state index contributed by atoms with van der Waals surface area (Å²) in [5.74, 6) is -0.701. The Labute approximate surface area is 127 Å². The van der Waals surface area contributed by atoms with Crippen molar-refractivity contribution in [3.8, 4) is 0 Å². The quantitative estimate of drug-likeness (QED) is 0.882. The van der Waals surface area contributed by atoms with Gasteiger partial charge in [0.1, 0.15) is 0 Å². The minimum atomic E-state index is -1.06. The molecule has 0 aliphatic carbocycles. The molecule has 0 fully saturated rings. The average Bonchev–Trinajstić information content (AvgIpc) is 2.46. The molecule has 21 heavy (non-hydrogen) atoms. The first kappa shape index (κ1) is 15.2. The van der Waals surface area contributed by atoms with E-state index in [0.29, 0.717) is 11.6 Å². The monoisotopic (exact) mass is 306 g/mol. The number of hydrogen-bond acceptors (Lipinski definition) is 5. The summed E-state index contributed by atoms with van der Waals surface area (Å²) in [6.07, 6.45) is 1.55. The van der Waals surface area contributed by atoms with Crippen LogP contribution in [-0.2, 0) is 12.8 Å². The van der Waals surface area contributed by atoms with Gasteiger partial charge in [-0.25, -0.2) is 9.78 Å². The Bertz CT molecular complexity index is 676. The van der Waals surface area contributed by atoms with Crippen LogP contribution in [-0.4, -0.2) is 26.3 Å². The number of nitrogens with zero attached hydrogens (tertiary/aromatic N) is 3. The molecule has 6 nitrogen and oxygen atoms in total. The van der Waals surface area contributed by atoms with Crippen molar-refractivity contribution < 1.29 is 9.90 Å². The highest BCUT2D eigenvalue weighted by molar-refractivity contribution is 6.33. The molecule has 0 amide bonds. The van der Waals surface area contributed by atoms with E-state index in [9.17, 15) is 4.79 Å². The molecule has 0 bridgehead atoms. The SMILES string of the molecule is CCc1nnc(Nc2ccc(C(=O)O)c(Cl)c2)nc1CC. The molecule has 1 heterocycles. The van der Waals surface area contributed by atoms with E-state index in [4.69, 9.17) is 16.7 Å². The molecule has 2 rings (SSSR count). The summed E-state index contributed by atoms with van der Waals surface area (Å²) in [6.45, 7) is 4.01. The van der Waals surface area contributed by atoms with Gasteiger partial charge in [-0.2, -0.15) is 0 Å². The number of aromatic carboxylic acids is 1. The van der Waals surface area contributed by atoms with Gasteiger partial charge in [0.2, 0.25) is 5.95 Å². The van der Waals surface area contributed by atoms with Gasteiger partial charge in [0.15, 0.2) is 0 Å². The van der Waals surface area contributed by atoms with E-state index in [1.807, 2.05) is 13.8 Å². The maximum Gasteiger partial charge on any atom is 0.337 e. The molecule has 0 radical (unpaired) electrons. The molecule has 2 aromatic rings. The number of rotatable bonds is 5. The third-order valence-electron chi connectivity index (χ3n) is 2.96. The molecule has 110 valence electrons. The molecule has 0 aliphatic heterocycles. The fraction of sp³-hybridized carbons (Fsp3) is 0.286. The maximum absolute atomic E-state index is 10.9. The van der Waals surface area contributed by atoms with Crippen molar-refractivity contribution in [1.82, 2.24) is 15.2 Å². The summed E-state index contributed by atoms with van der Waals surface area (Å²) in [5, 5.41) is 20.2. The standard InChI is InChI=1S/C14H15ClN4O2/c1-3-11-12(4-2)18-19-14(17-11)16-8-5-6-9(13(20)21)10(15)7-8/h5-7H,3-4H2,1-2H3,(H,20,21)(H,16,17,19). The number of benzene rings is 1. The molecule has 1 aromatic heterocycles. The molecule has 0 atom stereocenters. The summed E-state index contributed by atoms with van der Waals surface area (Å²) >= 11 is 5.92. The van der Waals surface area contributed by atoms with E-state index in [1.165, 1.54) is 12.1 Å². The Balaban J connectivity index is 2.26. The lowest BCUT2D eigenvalue weighted by atomic mass is 10.2. The van der Waals surface area contributed by atoms with Crippen LogP contribution in [0.15, 0.2) is 18.2 Å². The van der Waals surface area contributed by atoms with Crippen LogP contribution in [0.4, 0.5) is 11.6 Å². The number of carboxylic acid groups (broad SMARTS) is 1. The zero-order chi connectivity index (χ0) is 15.4. The summed E-state index contributed by atoms with van der Waals surface area (Å²) in [6, 6.07) is 4.56. The third-order valence-corrected chi connectivity index (χ3v) is 3.28. The molecule has 0 saturated carbocycles. The van der Waals surface area contributed by atoms with Crippen LogP contribution in [0.2, 0.25) is 5.02 Å². The largest absolute Gasteiger partial charge is 0.478 e. The van der Waals surface area contributed by atoms with E-state index >= 15 is 0 Å². The summed E-state index contributed by atoms with van der Waals surface area (Å²) in [5.41, 5.74) is 2.43. The van der Waals surface area contributed by atoms with E-state index in [0.717, 1.165) is 24.2 Å². The average molecular weight is 307 g/mol. The predicted molar refractivity (Wildman–Crippen MR) is 80.3 cm³/mol. The van der Waals surface area contributed by atoms with Gasteiger partial charge in [0, 0.05) is 5.69 Å². The molecule has 0 spiro atoms. The van der Waals surface area contributed by atoms with Crippen molar-refractivity contribution in [2.24, 2.45) is 0 Å². The number of carboxylic acids is 1. The van der Waals surface area contributed by atoms with Crippen LogP contribution in [0.3, 0.4) is 0 Å². The van der Waals surface area contributed by atoms with Crippen LogP contribution in [0.5, 0.6) is 0 Å². The minimum Gasteiger partial charge on any atom is -0.478 e. The van der Waals surface area contributed by atoms with E-state index in [1.54, 1.807) is 6.07 Å². The first-order valence-corrected chi connectivity index (χ1v) is 6.95. The van der Waals surface area contributed by atoms with Crippen LogP contribution in [0.25, 0.3) is 0 Å². The van der Waals surface area contributed by atoms with Gasteiger partial charge in [-0.1, -0.05) is 25.4 Å². The van der Waals surface area contributed by atoms with Gasteiger partial charge in [0.05, 0.1) is 22.0 Å². The lowest BCUT2D eigenvalue weighted by molar-refractivity contribution is 0.0697. The Morgan fingerprint density at radius 3 is 2.52 bits per heavy atom. The lowest BCUT2D eigenvalue weighted by Gasteiger charge is -2.08. The van der Waals surface area contributed by atoms with Crippen molar-refractivity contribution in [1.29, 1.82) is 0 Å². The van der Waals surface area contributed by atoms with Gasteiger partial charge < -0.3 is 10.4 Å². The van der Waals surface area contributed by atoms with Crippen LogP contribution >= 0.6 is 11.6 Å².